The Bertz CT molecular complexity index is 880. The number of alkyl halides is 1. The monoisotopic (exact) mass is 429 g/mol. The second-order valence-electron chi connectivity index (χ2n) is 9.04. The van der Waals surface area contributed by atoms with Gasteiger partial charge in [0.05, 0.1) is 0 Å². The third-order valence-electron chi connectivity index (χ3n) is 6.67. The highest BCUT2D eigenvalue weighted by Gasteiger charge is 2.57. The summed E-state index contributed by atoms with van der Waals surface area (Å²) in [5, 5.41) is 14.7. The number of rotatable bonds is 4. The third kappa shape index (κ3) is 3.20. The van der Waals surface area contributed by atoms with E-state index in [4.69, 9.17) is 0 Å². The molecule has 0 saturated heterocycles. The zero-order valence-electron chi connectivity index (χ0n) is 15.5. The Hall–Kier alpha value is -1.76. The molecule has 27 heavy (non-hydrogen) atoms. The summed E-state index contributed by atoms with van der Waals surface area (Å²) >= 11 is 4.03. The minimum atomic E-state index is 0.126. The number of amides is 1. The van der Waals surface area contributed by atoms with Crippen LogP contribution in [0.2, 0.25) is 0 Å². The van der Waals surface area contributed by atoms with Crippen molar-refractivity contribution in [2.24, 2.45) is 24.3 Å². The molecule has 4 saturated carbocycles. The molecule has 2 atom stereocenters. The number of carbonyl (C=O) groups is 1. The van der Waals surface area contributed by atoms with Gasteiger partial charge in [0.15, 0.2) is 5.82 Å². The summed E-state index contributed by atoms with van der Waals surface area (Å²) in [5.74, 6) is 2.41. The molecule has 4 aliphatic carbocycles. The number of aryl methyl sites for hydroxylation is 1. The Morgan fingerprint density at radius 3 is 2.74 bits per heavy atom. The smallest absolute Gasteiger partial charge is 0.224 e. The minimum absolute atomic E-state index is 0.126. The number of aromatic nitrogens is 4. The van der Waals surface area contributed by atoms with Crippen molar-refractivity contribution < 1.29 is 4.79 Å². The number of nitrogens with zero attached hydrogens (tertiary/aromatic N) is 4. The first-order valence-corrected chi connectivity index (χ1v) is 10.5. The number of carbonyl (C=O) groups excluding carboxylic acids is 1. The number of nitrogens with one attached hydrogen (secondary N) is 1. The number of anilines is 1. The number of hydrogen-bond donors (Lipinski definition) is 1. The lowest BCUT2D eigenvalue weighted by molar-refractivity contribution is -0.123. The number of benzene rings is 1. The van der Waals surface area contributed by atoms with Crippen molar-refractivity contribution in [3.05, 3.63) is 24.3 Å². The van der Waals surface area contributed by atoms with Gasteiger partial charge in [0.2, 0.25) is 5.91 Å². The molecule has 0 aliphatic heterocycles. The molecular weight excluding hydrogens is 406 g/mol. The van der Waals surface area contributed by atoms with Crippen LogP contribution in [-0.2, 0) is 11.8 Å². The molecule has 1 amide bonds. The topological polar surface area (TPSA) is 72.7 Å². The largest absolute Gasteiger partial charge is 0.326 e. The average molecular weight is 430 g/mol. The molecule has 6 nitrogen and oxygen atoms in total. The summed E-state index contributed by atoms with van der Waals surface area (Å²) < 4.78 is 1.92. The molecular formula is C20H24BrN5O. The Morgan fingerprint density at radius 1 is 1.30 bits per heavy atom. The zero-order chi connectivity index (χ0) is 18.6. The predicted octanol–water partition coefficient (Wildman–Crippen LogP) is 3.94. The zero-order valence-corrected chi connectivity index (χ0v) is 17.1. The Kier molecular flexibility index (Phi) is 3.93. The SMILES string of the molecule is Cn1nnnc1-c1cccc(NC(=O)CC23C[C@H]4C[C@@H](CC(Br)(C4)C2)C3)c1. The van der Waals surface area contributed by atoms with Gasteiger partial charge in [-0.05, 0) is 78.3 Å². The van der Waals surface area contributed by atoms with Crippen LogP contribution >= 0.6 is 15.9 Å². The van der Waals surface area contributed by atoms with Crippen LogP contribution in [0.4, 0.5) is 5.69 Å². The predicted molar refractivity (Wildman–Crippen MR) is 106 cm³/mol. The van der Waals surface area contributed by atoms with Crippen LogP contribution in [0, 0.1) is 17.3 Å². The molecule has 1 N–H and O–H groups in total. The molecule has 0 unspecified atom stereocenters. The lowest BCUT2D eigenvalue weighted by Gasteiger charge is -2.60. The first-order valence-electron chi connectivity index (χ1n) is 9.74. The summed E-state index contributed by atoms with van der Waals surface area (Å²) in [6, 6.07) is 7.75. The van der Waals surface area contributed by atoms with Crippen molar-refractivity contribution in [1.82, 2.24) is 20.2 Å². The Labute approximate surface area is 167 Å². The normalized spacial score (nSPS) is 34.0. The molecule has 4 fully saturated rings. The maximum Gasteiger partial charge on any atom is 0.224 e. The molecule has 2 aromatic rings. The van der Waals surface area contributed by atoms with Crippen LogP contribution in [0.15, 0.2) is 24.3 Å². The van der Waals surface area contributed by atoms with Gasteiger partial charge >= 0.3 is 0 Å². The summed E-state index contributed by atoms with van der Waals surface area (Å²) in [7, 11) is 1.81. The van der Waals surface area contributed by atoms with Crippen LogP contribution < -0.4 is 5.32 Å². The minimum Gasteiger partial charge on any atom is -0.326 e. The highest BCUT2D eigenvalue weighted by molar-refractivity contribution is 9.10. The van der Waals surface area contributed by atoms with Crippen molar-refractivity contribution in [2.75, 3.05) is 5.32 Å². The fourth-order valence-corrected chi connectivity index (χ4v) is 7.81. The van der Waals surface area contributed by atoms with Gasteiger partial charge in [-0.3, -0.25) is 4.79 Å². The van der Waals surface area contributed by atoms with E-state index >= 15 is 0 Å². The van der Waals surface area contributed by atoms with Gasteiger partial charge in [0, 0.05) is 29.0 Å². The summed E-state index contributed by atoms with van der Waals surface area (Å²) in [6.45, 7) is 0. The maximum absolute atomic E-state index is 12.9. The van der Waals surface area contributed by atoms with E-state index in [0.717, 1.165) is 29.5 Å². The highest BCUT2D eigenvalue weighted by atomic mass is 79.9. The molecule has 0 spiro atoms. The van der Waals surface area contributed by atoms with Gasteiger partial charge in [-0.2, -0.15) is 0 Å². The Balaban J connectivity index is 1.31. The number of tetrazole rings is 1. The van der Waals surface area contributed by atoms with E-state index in [0.29, 0.717) is 12.2 Å². The van der Waals surface area contributed by atoms with Gasteiger partial charge in [-0.25, -0.2) is 4.68 Å². The quantitative estimate of drug-likeness (QED) is 0.746. The fourth-order valence-electron chi connectivity index (χ4n) is 6.30. The first-order chi connectivity index (χ1) is 12.9. The number of halogens is 1. The Morgan fingerprint density at radius 2 is 2.07 bits per heavy atom. The van der Waals surface area contributed by atoms with Crippen molar-refractivity contribution in [1.29, 1.82) is 0 Å². The van der Waals surface area contributed by atoms with E-state index in [1.165, 1.54) is 32.1 Å². The van der Waals surface area contributed by atoms with Crippen LogP contribution in [-0.4, -0.2) is 30.4 Å². The van der Waals surface area contributed by atoms with Crippen LogP contribution in [0.3, 0.4) is 0 Å². The van der Waals surface area contributed by atoms with Gasteiger partial charge in [0.1, 0.15) is 0 Å². The van der Waals surface area contributed by atoms with Crippen molar-refractivity contribution in [3.63, 3.8) is 0 Å². The van der Waals surface area contributed by atoms with Gasteiger partial charge < -0.3 is 5.32 Å². The van der Waals surface area contributed by atoms with E-state index in [1.54, 1.807) is 4.68 Å². The van der Waals surface area contributed by atoms with Crippen molar-refractivity contribution in [2.45, 2.75) is 49.3 Å². The first kappa shape index (κ1) is 17.3. The van der Waals surface area contributed by atoms with E-state index in [2.05, 4.69) is 36.8 Å². The average Bonchev–Trinajstić information content (AvgIpc) is 2.98. The summed E-state index contributed by atoms with van der Waals surface area (Å²) in [6.07, 6.45) is 8.16. The van der Waals surface area contributed by atoms with Gasteiger partial charge in [-0.1, -0.05) is 28.1 Å². The lowest BCUT2D eigenvalue weighted by Crippen LogP contribution is -2.53. The van der Waals surface area contributed by atoms with E-state index < -0.39 is 0 Å². The molecule has 4 aliphatic rings. The summed E-state index contributed by atoms with van der Waals surface area (Å²) in [4.78, 5) is 12.9. The van der Waals surface area contributed by atoms with E-state index in [1.807, 2.05) is 31.3 Å². The standard InChI is InChI=1S/C20H24BrN5O/c1-26-18(23-24-25-26)15-3-2-4-16(6-15)22-17(27)11-19-7-13-5-14(8-19)10-20(21,9-13)12-19/h2-4,6,13-14H,5,7-12H2,1H3,(H,22,27)/t13-,14-,19?,20?/m1/s1. The van der Waals surface area contributed by atoms with Crippen LogP contribution in [0.25, 0.3) is 11.4 Å². The van der Waals surface area contributed by atoms with Gasteiger partial charge in [-0.15, -0.1) is 5.10 Å². The molecule has 1 aromatic carbocycles. The number of hydrogen-bond acceptors (Lipinski definition) is 4. The molecule has 0 radical (unpaired) electrons. The maximum atomic E-state index is 12.9. The van der Waals surface area contributed by atoms with Crippen molar-refractivity contribution in [3.8, 4) is 11.4 Å². The second-order valence-corrected chi connectivity index (χ2v) is 10.7. The molecule has 1 aromatic heterocycles. The third-order valence-corrected chi connectivity index (χ3v) is 7.60. The molecule has 7 heteroatoms. The van der Waals surface area contributed by atoms with Crippen molar-refractivity contribution >= 4 is 27.5 Å². The van der Waals surface area contributed by atoms with E-state index in [-0.39, 0.29) is 15.6 Å². The van der Waals surface area contributed by atoms with Gasteiger partial charge in [0.25, 0.3) is 0 Å². The molecule has 6 rings (SSSR count). The fraction of sp³-hybridized carbons (Fsp3) is 0.600. The second kappa shape index (κ2) is 6.12. The lowest BCUT2D eigenvalue weighted by atomic mass is 9.48. The van der Waals surface area contributed by atoms with Crippen LogP contribution in [0.1, 0.15) is 44.9 Å². The van der Waals surface area contributed by atoms with Crippen LogP contribution in [0.5, 0.6) is 0 Å². The summed E-state index contributed by atoms with van der Waals surface area (Å²) in [5.41, 5.74) is 1.89. The molecule has 4 bridgehead atoms. The molecule has 1 heterocycles. The molecule has 142 valence electrons. The van der Waals surface area contributed by atoms with E-state index in [9.17, 15) is 4.79 Å². The highest BCUT2D eigenvalue weighted by Crippen LogP contribution is 2.65.